The van der Waals surface area contributed by atoms with Gasteiger partial charge in [0.25, 0.3) is 5.91 Å². The van der Waals surface area contributed by atoms with Crippen LogP contribution in [0, 0.1) is 5.92 Å². The Bertz CT molecular complexity index is 1110. The van der Waals surface area contributed by atoms with Gasteiger partial charge in [0.1, 0.15) is 5.69 Å². The van der Waals surface area contributed by atoms with Crippen molar-refractivity contribution < 1.29 is 18.0 Å². The van der Waals surface area contributed by atoms with Crippen LogP contribution in [-0.2, 0) is 6.18 Å². The van der Waals surface area contributed by atoms with E-state index >= 15 is 0 Å². The first-order chi connectivity index (χ1) is 15.8. The molecular formula is C21H21ClF3N7O. The summed E-state index contributed by atoms with van der Waals surface area (Å²) in [5.74, 6) is -0.0102. The maximum Gasteiger partial charge on any atom is 0.419 e. The number of halogens is 4. The maximum absolute atomic E-state index is 13.6. The van der Waals surface area contributed by atoms with E-state index in [1.165, 1.54) is 17.2 Å². The van der Waals surface area contributed by atoms with E-state index in [1.54, 1.807) is 23.1 Å². The quantitative estimate of drug-likeness (QED) is 0.593. The van der Waals surface area contributed by atoms with Crippen molar-refractivity contribution in [2.75, 3.05) is 18.4 Å². The lowest BCUT2D eigenvalue weighted by Crippen LogP contribution is -2.51. The van der Waals surface area contributed by atoms with Gasteiger partial charge >= 0.3 is 6.18 Å². The number of nitrogens with one attached hydrogen (secondary N) is 1. The highest BCUT2D eigenvalue weighted by molar-refractivity contribution is 6.33. The third-order valence-electron chi connectivity index (χ3n) is 5.66. The summed E-state index contributed by atoms with van der Waals surface area (Å²) < 4.78 is 38.2. The van der Waals surface area contributed by atoms with Gasteiger partial charge in [-0.1, -0.05) is 24.6 Å². The van der Waals surface area contributed by atoms with Crippen molar-refractivity contribution in [2.45, 2.75) is 32.0 Å². The second-order valence-corrected chi connectivity index (χ2v) is 8.22. The number of benzene rings is 1. The van der Waals surface area contributed by atoms with Crippen molar-refractivity contribution in [1.29, 1.82) is 0 Å². The summed E-state index contributed by atoms with van der Waals surface area (Å²) in [4.78, 5) is 24.2. The van der Waals surface area contributed by atoms with Crippen LogP contribution in [0.5, 0.6) is 0 Å². The van der Waals surface area contributed by atoms with E-state index in [4.69, 9.17) is 11.6 Å². The molecule has 1 aliphatic rings. The number of carbonyl (C=O) groups excluding carboxylic acids is 1. The number of carbonyl (C=O) groups is 1. The molecule has 1 aromatic carbocycles. The third kappa shape index (κ3) is 4.92. The molecule has 0 aliphatic carbocycles. The molecule has 12 heteroatoms. The molecule has 1 aliphatic heterocycles. The average Bonchev–Trinajstić information content (AvgIpc) is 3.31. The zero-order valence-electron chi connectivity index (χ0n) is 17.6. The Labute approximate surface area is 192 Å². The number of alkyl halides is 3. The molecule has 1 N–H and O–H groups in total. The zero-order chi connectivity index (χ0) is 23.6. The largest absolute Gasteiger partial charge is 0.419 e. The fourth-order valence-corrected chi connectivity index (χ4v) is 4.20. The Hall–Kier alpha value is -3.21. The van der Waals surface area contributed by atoms with Crippen LogP contribution in [0.2, 0.25) is 5.02 Å². The highest BCUT2D eigenvalue weighted by Gasteiger charge is 2.34. The lowest BCUT2D eigenvalue weighted by molar-refractivity contribution is -0.138. The number of hydrogen-bond acceptors (Lipinski definition) is 6. The fraction of sp³-hybridized carbons (Fsp3) is 0.381. The van der Waals surface area contributed by atoms with Gasteiger partial charge in [-0.05, 0) is 30.9 Å². The molecule has 0 radical (unpaired) electrons. The molecule has 174 valence electrons. The average molecular weight is 480 g/mol. The first kappa shape index (κ1) is 23.0. The topological polar surface area (TPSA) is 88.8 Å². The van der Waals surface area contributed by atoms with Crippen LogP contribution in [0.4, 0.5) is 19.1 Å². The number of amides is 1. The number of rotatable bonds is 5. The molecule has 3 aromatic rings. The predicted octanol–water partition coefficient (Wildman–Crippen LogP) is 4.08. The molecule has 0 bridgehead atoms. The summed E-state index contributed by atoms with van der Waals surface area (Å²) in [6, 6.07) is 4.81. The Kier molecular flexibility index (Phi) is 6.50. The molecule has 2 aromatic heterocycles. The Morgan fingerprint density at radius 2 is 1.91 bits per heavy atom. The molecule has 1 fully saturated rings. The van der Waals surface area contributed by atoms with Crippen molar-refractivity contribution >= 4 is 23.5 Å². The van der Waals surface area contributed by atoms with E-state index in [1.807, 2.05) is 6.92 Å². The van der Waals surface area contributed by atoms with Gasteiger partial charge in [0, 0.05) is 25.5 Å². The van der Waals surface area contributed by atoms with Crippen LogP contribution in [0.25, 0.3) is 5.69 Å². The van der Waals surface area contributed by atoms with Crippen molar-refractivity contribution in [3.63, 3.8) is 0 Å². The normalized spacial score (nSPS) is 18.9. The lowest BCUT2D eigenvalue weighted by atomic mass is 9.90. The molecule has 8 nitrogen and oxygen atoms in total. The van der Waals surface area contributed by atoms with Crippen LogP contribution >= 0.6 is 11.6 Å². The predicted molar refractivity (Wildman–Crippen MR) is 115 cm³/mol. The van der Waals surface area contributed by atoms with Gasteiger partial charge in [-0.3, -0.25) is 4.79 Å². The van der Waals surface area contributed by atoms with Crippen molar-refractivity contribution in [1.82, 2.24) is 29.9 Å². The number of nitrogens with zero attached hydrogens (tertiary/aromatic N) is 6. The standard InChI is InChI=1S/C21H21ClF3N7O/c1-13-4-3-9-31(17(13)12-28-20-26-10-14(11-27-20)21(23,24)25)19(33)15-5-2-6-16(22)18(15)32-29-7-8-30-32/h2,5-8,10-11,13,17H,3-4,9,12H2,1H3,(H,26,27,28)/t13-,17-/m1/s1. The highest BCUT2D eigenvalue weighted by atomic mass is 35.5. The molecule has 4 rings (SSSR count). The summed E-state index contributed by atoms with van der Waals surface area (Å²) in [6.07, 6.45) is 1.70. The van der Waals surface area contributed by atoms with Gasteiger partial charge in [0.2, 0.25) is 5.95 Å². The van der Waals surface area contributed by atoms with Crippen LogP contribution in [0.1, 0.15) is 35.7 Å². The molecule has 0 unspecified atom stereocenters. The van der Waals surface area contributed by atoms with Gasteiger partial charge in [-0.15, -0.1) is 4.80 Å². The molecule has 2 atom stereocenters. The lowest BCUT2D eigenvalue weighted by Gasteiger charge is -2.40. The van der Waals surface area contributed by atoms with E-state index in [-0.39, 0.29) is 30.4 Å². The SMILES string of the molecule is C[C@@H]1CCCN(C(=O)c2cccc(Cl)c2-n2nccn2)[C@@H]1CNc1ncc(C(F)(F)F)cn1. The van der Waals surface area contributed by atoms with Gasteiger partial charge in [0.05, 0.1) is 34.6 Å². The van der Waals surface area contributed by atoms with Crippen molar-refractivity contribution in [3.05, 3.63) is 59.1 Å². The zero-order valence-corrected chi connectivity index (χ0v) is 18.4. The summed E-state index contributed by atoms with van der Waals surface area (Å²) in [5.41, 5.74) is -0.162. The number of hydrogen-bond donors (Lipinski definition) is 1. The van der Waals surface area contributed by atoms with E-state index < -0.39 is 11.7 Å². The number of anilines is 1. The van der Waals surface area contributed by atoms with Crippen LogP contribution in [0.3, 0.4) is 0 Å². The fourth-order valence-electron chi connectivity index (χ4n) is 3.95. The highest BCUT2D eigenvalue weighted by Crippen LogP contribution is 2.30. The Balaban J connectivity index is 1.56. The maximum atomic E-state index is 13.6. The molecule has 1 amide bonds. The smallest absolute Gasteiger partial charge is 0.352 e. The monoisotopic (exact) mass is 479 g/mol. The van der Waals surface area contributed by atoms with Crippen LogP contribution in [0.15, 0.2) is 43.0 Å². The van der Waals surface area contributed by atoms with E-state index in [0.717, 1.165) is 25.2 Å². The van der Waals surface area contributed by atoms with Gasteiger partial charge in [-0.2, -0.15) is 23.4 Å². The second kappa shape index (κ2) is 9.34. The minimum Gasteiger partial charge on any atom is -0.352 e. The molecule has 1 saturated heterocycles. The minimum atomic E-state index is -4.50. The molecule has 3 heterocycles. The Morgan fingerprint density at radius 3 is 2.58 bits per heavy atom. The summed E-state index contributed by atoms with van der Waals surface area (Å²) in [6.45, 7) is 2.85. The van der Waals surface area contributed by atoms with Crippen molar-refractivity contribution in [2.24, 2.45) is 5.92 Å². The second-order valence-electron chi connectivity index (χ2n) is 7.81. The van der Waals surface area contributed by atoms with Crippen LogP contribution in [-0.4, -0.2) is 54.9 Å². The van der Waals surface area contributed by atoms with E-state index in [0.29, 0.717) is 22.8 Å². The van der Waals surface area contributed by atoms with Gasteiger partial charge in [0.15, 0.2) is 0 Å². The van der Waals surface area contributed by atoms with E-state index in [2.05, 4.69) is 25.5 Å². The number of piperidine rings is 1. The van der Waals surface area contributed by atoms with Crippen LogP contribution < -0.4 is 5.32 Å². The minimum absolute atomic E-state index is 0.0670. The molecule has 0 spiro atoms. The van der Waals surface area contributed by atoms with Gasteiger partial charge < -0.3 is 10.2 Å². The summed E-state index contributed by atoms with van der Waals surface area (Å²) in [5, 5.41) is 11.5. The number of likely N-dealkylation sites (tertiary alicyclic amines) is 1. The van der Waals surface area contributed by atoms with Gasteiger partial charge in [-0.25, -0.2) is 9.97 Å². The number of para-hydroxylation sites is 1. The Morgan fingerprint density at radius 1 is 1.21 bits per heavy atom. The first-order valence-electron chi connectivity index (χ1n) is 10.3. The molecule has 33 heavy (non-hydrogen) atoms. The number of aromatic nitrogens is 5. The summed E-state index contributed by atoms with van der Waals surface area (Å²) in [7, 11) is 0. The molecular weight excluding hydrogens is 459 g/mol. The van der Waals surface area contributed by atoms with E-state index in [9.17, 15) is 18.0 Å². The first-order valence-corrected chi connectivity index (χ1v) is 10.7. The third-order valence-corrected chi connectivity index (χ3v) is 5.97. The summed E-state index contributed by atoms with van der Waals surface area (Å²) >= 11 is 6.37. The molecule has 0 saturated carbocycles. The van der Waals surface area contributed by atoms with Crippen molar-refractivity contribution in [3.8, 4) is 5.69 Å².